The molecule has 3 aromatic rings. The van der Waals surface area contributed by atoms with E-state index in [0.717, 1.165) is 22.4 Å². The highest BCUT2D eigenvalue weighted by Crippen LogP contribution is 2.24. The van der Waals surface area contributed by atoms with Gasteiger partial charge in [0, 0.05) is 22.9 Å². The molecule has 2 aromatic heterocycles. The van der Waals surface area contributed by atoms with Crippen LogP contribution in [0.4, 0.5) is 10.5 Å². The Hall–Kier alpha value is -3.19. The van der Waals surface area contributed by atoms with Crippen molar-refractivity contribution in [1.29, 1.82) is 0 Å². The fraction of sp³-hybridized carbons (Fsp3) is 0.304. The number of furan rings is 1. The number of rotatable bonds is 7. The number of nitrogens with one attached hydrogen (secondary N) is 2. The Morgan fingerprint density at radius 3 is 2.61 bits per heavy atom. The number of urea groups is 1. The van der Waals surface area contributed by atoms with Crippen molar-refractivity contribution < 1.29 is 18.7 Å². The lowest BCUT2D eigenvalue weighted by atomic mass is 10.1. The number of amides is 2. The van der Waals surface area contributed by atoms with E-state index in [2.05, 4.69) is 10.3 Å². The normalized spacial score (nSPS) is 10.7. The molecule has 0 saturated heterocycles. The monoisotopic (exact) mass is 443 g/mol. The fourth-order valence-electron chi connectivity index (χ4n) is 3.29. The number of aromatic nitrogens is 1. The van der Waals surface area contributed by atoms with Gasteiger partial charge in [-0.15, -0.1) is 0 Å². The first-order valence-electron chi connectivity index (χ1n) is 9.99. The van der Waals surface area contributed by atoms with Crippen LogP contribution in [-0.2, 0) is 17.8 Å². The maximum absolute atomic E-state index is 13.1. The van der Waals surface area contributed by atoms with Gasteiger partial charge in [0.15, 0.2) is 0 Å². The van der Waals surface area contributed by atoms with E-state index >= 15 is 0 Å². The molecule has 0 radical (unpaired) electrons. The van der Waals surface area contributed by atoms with E-state index in [-0.39, 0.29) is 25.7 Å². The van der Waals surface area contributed by atoms with E-state index in [4.69, 9.17) is 20.8 Å². The van der Waals surface area contributed by atoms with Gasteiger partial charge in [-0.3, -0.25) is 0 Å². The third-order valence-corrected chi connectivity index (χ3v) is 5.47. The third kappa shape index (κ3) is 5.30. The van der Waals surface area contributed by atoms with E-state index in [0.29, 0.717) is 22.2 Å². The lowest BCUT2D eigenvalue weighted by molar-refractivity contribution is 0.0519. The van der Waals surface area contributed by atoms with E-state index < -0.39 is 5.97 Å². The lowest BCUT2D eigenvalue weighted by Crippen LogP contribution is -2.34. The first-order valence-corrected chi connectivity index (χ1v) is 10.4. The van der Waals surface area contributed by atoms with Crippen LogP contribution < -0.4 is 5.32 Å². The highest BCUT2D eigenvalue weighted by molar-refractivity contribution is 6.31. The Morgan fingerprint density at radius 2 is 1.97 bits per heavy atom. The molecule has 0 aliphatic rings. The maximum atomic E-state index is 13.1. The zero-order valence-electron chi connectivity index (χ0n) is 18.0. The number of ether oxygens (including phenoxy) is 1. The number of carbonyl (C=O) groups excluding carboxylic acids is 2. The number of benzene rings is 1. The largest absolute Gasteiger partial charge is 0.467 e. The number of hydrogen-bond acceptors (Lipinski definition) is 4. The smallest absolute Gasteiger partial charge is 0.355 e. The van der Waals surface area contributed by atoms with Crippen molar-refractivity contribution >= 4 is 29.3 Å². The molecule has 0 fully saturated rings. The first-order chi connectivity index (χ1) is 14.8. The molecule has 2 N–H and O–H groups in total. The highest BCUT2D eigenvalue weighted by Gasteiger charge is 2.23. The van der Waals surface area contributed by atoms with Crippen molar-refractivity contribution in [3.8, 4) is 0 Å². The minimum absolute atomic E-state index is 0.261. The molecule has 0 spiro atoms. The number of nitrogens with zero attached hydrogens (tertiary/aromatic N) is 1. The van der Waals surface area contributed by atoms with Gasteiger partial charge in [-0.2, -0.15) is 0 Å². The molecule has 164 valence electrons. The molecule has 2 amide bonds. The summed E-state index contributed by atoms with van der Waals surface area (Å²) in [4.78, 5) is 30.1. The Bertz CT molecular complexity index is 1070. The van der Waals surface area contributed by atoms with Gasteiger partial charge in [0.1, 0.15) is 11.5 Å². The summed E-state index contributed by atoms with van der Waals surface area (Å²) in [5.74, 6) is 0.235. The predicted molar refractivity (Wildman–Crippen MR) is 119 cm³/mol. The standard InChI is InChI=1S/C23H26ClN3O4/c1-5-30-22(28)21-15(3)19(16(4)25-21)13-27(12-18-7-6-10-31-18)23(29)26-17-9-8-14(2)20(24)11-17/h6-11,25H,5,12-13H2,1-4H3,(H,26,29). The quantitative estimate of drug-likeness (QED) is 0.465. The molecular formula is C23H26ClN3O4. The second kappa shape index (κ2) is 9.75. The Balaban J connectivity index is 1.86. The zero-order valence-corrected chi connectivity index (χ0v) is 18.8. The van der Waals surface area contributed by atoms with Crippen LogP contribution in [0.25, 0.3) is 0 Å². The number of aryl methyl sites for hydroxylation is 2. The SMILES string of the molecule is CCOC(=O)c1[nH]c(C)c(CN(Cc2ccco2)C(=O)Nc2ccc(C)c(Cl)c2)c1C. The molecular weight excluding hydrogens is 418 g/mol. The topological polar surface area (TPSA) is 87.6 Å². The average molecular weight is 444 g/mol. The zero-order chi connectivity index (χ0) is 22.5. The molecule has 0 unspecified atom stereocenters. The number of anilines is 1. The van der Waals surface area contributed by atoms with Crippen LogP contribution in [0.2, 0.25) is 5.02 Å². The van der Waals surface area contributed by atoms with Gasteiger partial charge in [-0.1, -0.05) is 17.7 Å². The second-order valence-electron chi connectivity index (χ2n) is 7.28. The molecule has 0 aliphatic carbocycles. The predicted octanol–water partition coefficient (Wildman–Crippen LogP) is 5.60. The van der Waals surface area contributed by atoms with Crippen molar-refractivity contribution in [3.05, 3.63) is 75.5 Å². The maximum Gasteiger partial charge on any atom is 0.355 e. The molecule has 0 saturated carbocycles. The van der Waals surface area contributed by atoms with Crippen LogP contribution in [0, 0.1) is 20.8 Å². The number of esters is 1. The Kier molecular flexibility index (Phi) is 7.07. The van der Waals surface area contributed by atoms with Crippen molar-refractivity contribution in [2.45, 2.75) is 40.8 Å². The molecule has 3 rings (SSSR count). The summed E-state index contributed by atoms with van der Waals surface area (Å²) in [6, 6.07) is 8.64. The van der Waals surface area contributed by atoms with Gasteiger partial charge in [0.2, 0.25) is 0 Å². The molecule has 1 aromatic carbocycles. The molecule has 7 nitrogen and oxygen atoms in total. The summed E-state index contributed by atoms with van der Waals surface area (Å²) >= 11 is 6.19. The Morgan fingerprint density at radius 1 is 1.19 bits per heavy atom. The fourth-order valence-corrected chi connectivity index (χ4v) is 3.47. The van der Waals surface area contributed by atoms with Gasteiger partial charge >= 0.3 is 12.0 Å². The average Bonchev–Trinajstić information content (AvgIpc) is 3.33. The van der Waals surface area contributed by atoms with Crippen LogP contribution in [-0.4, -0.2) is 28.5 Å². The van der Waals surface area contributed by atoms with E-state index in [1.54, 1.807) is 36.3 Å². The molecule has 0 bridgehead atoms. The number of H-pyrrole nitrogens is 1. The molecule has 0 aliphatic heterocycles. The summed E-state index contributed by atoms with van der Waals surface area (Å²) in [6.07, 6.45) is 1.57. The molecule has 2 heterocycles. The van der Waals surface area contributed by atoms with Crippen LogP contribution in [0.1, 0.15) is 45.6 Å². The molecule has 0 atom stereocenters. The van der Waals surface area contributed by atoms with Crippen LogP contribution in [0.15, 0.2) is 41.0 Å². The molecule has 31 heavy (non-hydrogen) atoms. The van der Waals surface area contributed by atoms with Crippen molar-refractivity contribution in [1.82, 2.24) is 9.88 Å². The van der Waals surface area contributed by atoms with Crippen molar-refractivity contribution in [3.63, 3.8) is 0 Å². The van der Waals surface area contributed by atoms with Crippen LogP contribution in [0.3, 0.4) is 0 Å². The van der Waals surface area contributed by atoms with Crippen LogP contribution >= 0.6 is 11.6 Å². The van der Waals surface area contributed by atoms with Gasteiger partial charge in [-0.05, 0) is 68.7 Å². The van der Waals surface area contributed by atoms with Gasteiger partial charge in [0.05, 0.1) is 19.4 Å². The van der Waals surface area contributed by atoms with Crippen LogP contribution in [0.5, 0.6) is 0 Å². The van der Waals surface area contributed by atoms with Crippen molar-refractivity contribution in [2.75, 3.05) is 11.9 Å². The minimum atomic E-state index is -0.411. The van der Waals surface area contributed by atoms with Gasteiger partial charge < -0.3 is 24.4 Å². The van der Waals surface area contributed by atoms with E-state index in [1.807, 2.05) is 32.9 Å². The number of aromatic amines is 1. The van der Waals surface area contributed by atoms with Gasteiger partial charge in [-0.25, -0.2) is 9.59 Å². The summed E-state index contributed by atoms with van der Waals surface area (Å²) < 4.78 is 10.6. The third-order valence-electron chi connectivity index (χ3n) is 5.06. The van der Waals surface area contributed by atoms with E-state index in [1.165, 1.54) is 0 Å². The lowest BCUT2D eigenvalue weighted by Gasteiger charge is -2.23. The van der Waals surface area contributed by atoms with E-state index in [9.17, 15) is 9.59 Å². The number of carbonyl (C=O) groups is 2. The minimum Gasteiger partial charge on any atom is -0.467 e. The summed E-state index contributed by atoms with van der Waals surface area (Å²) in [6.45, 7) is 8.20. The van der Waals surface area contributed by atoms with Gasteiger partial charge in [0.25, 0.3) is 0 Å². The number of hydrogen-bond donors (Lipinski definition) is 2. The summed E-state index contributed by atoms with van der Waals surface area (Å²) in [5, 5.41) is 3.47. The number of halogens is 1. The first kappa shape index (κ1) is 22.5. The molecule has 8 heteroatoms. The summed E-state index contributed by atoms with van der Waals surface area (Å²) in [5.41, 5.74) is 4.34. The van der Waals surface area contributed by atoms with Crippen molar-refractivity contribution in [2.24, 2.45) is 0 Å². The Labute approximate surface area is 186 Å². The second-order valence-corrected chi connectivity index (χ2v) is 7.69. The summed E-state index contributed by atoms with van der Waals surface area (Å²) in [7, 11) is 0. The highest BCUT2D eigenvalue weighted by atomic mass is 35.5.